The molecule has 192 valence electrons. The van der Waals surface area contributed by atoms with Gasteiger partial charge in [-0.15, -0.1) is 0 Å². The van der Waals surface area contributed by atoms with Crippen LogP contribution in [0.2, 0.25) is 0 Å². The van der Waals surface area contributed by atoms with Crippen LogP contribution in [0.1, 0.15) is 44.4 Å². The molecule has 36 heavy (non-hydrogen) atoms. The van der Waals surface area contributed by atoms with Gasteiger partial charge in [-0.3, -0.25) is 19.7 Å². The highest BCUT2D eigenvalue weighted by Gasteiger charge is 2.43. The van der Waals surface area contributed by atoms with E-state index < -0.39 is 40.8 Å². The third-order valence-corrected chi connectivity index (χ3v) is 6.01. The summed E-state index contributed by atoms with van der Waals surface area (Å²) in [7, 11) is 1.25. The number of ether oxygens (including phenoxy) is 2. The molecule has 0 fully saturated rings. The first kappa shape index (κ1) is 26.7. The number of amides is 2. The van der Waals surface area contributed by atoms with E-state index in [1.54, 1.807) is 0 Å². The molecule has 0 saturated carbocycles. The van der Waals surface area contributed by atoms with Crippen LogP contribution in [0.25, 0.3) is 0 Å². The lowest BCUT2D eigenvalue weighted by Crippen LogP contribution is -2.56. The Balaban J connectivity index is 2.11. The number of rotatable bonds is 10. The molecule has 3 rings (SSSR count). The molecule has 0 radical (unpaired) electrons. The summed E-state index contributed by atoms with van der Waals surface area (Å²) in [4.78, 5) is 51.5. The van der Waals surface area contributed by atoms with Gasteiger partial charge in [0.1, 0.15) is 24.4 Å². The maximum atomic E-state index is 14.2. The first-order chi connectivity index (χ1) is 17.1. The largest absolute Gasteiger partial charge is 0.491 e. The Morgan fingerprint density at radius 3 is 2.47 bits per heavy atom. The highest BCUT2D eigenvalue weighted by atomic mass is 16.6. The van der Waals surface area contributed by atoms with Crippen molar-refractivity contribution in [2.24, 2.45) is 5.92 Å². The molecule has 0 saturated heterocycles. The second-order valence-corrected chi connectivity index (χ2v) is 9.16. The van der Waals surface area contributed by atoms with Gasteiger partial charge < -0.3 is 19.7 Å². The molecule has 0 aliphatic carbocycles. The average Bonchev–Trinajstić information content (AvgIpc) is 3.25. The third kappa shape index (κ3) is 6.18. The number of carbonyl (C=O) groups is 3. The van der Waals surface area contributed by atoms with Crippen molar-refractivity contribution in [1.82, 2.24) is 10.2 Å². The Hall–Kier alpha value is -3.95. The van der Waals surface area contributed by atoms with E-state index in [1.165, 1.54) is 37.1 Å². The lowest BCUT2D eigenvalue weighted by molar-refractivity contribution is -0.384. The van der Waals surface area contributed by atoms with Crippen LogP contribution in [0.5, 0.6) is 5.75 Å². The lowest BCUT2D eigenvalue weighted by Gasteiger charge is -2.37. The molecule has 2 aromatic carbocycles. The quantitative estimate of drug-likeness (QED) is 0.303. The number of esters is 1. The molecule has 1 unspecified atom stereocenters. The van der Waals surface area contributed by atoms with E-state index in [0.29, 0.717) is 11.3 Å². The number of non-ortho nitro benzene ring substituents is 1. The van der Waals surface area contributed by atoms with E-state index >= 15 is 0 Å². The van der Waals surface area contributed by atoms with Crippen molar-refractivity contribution in [2.75, 3.05) is 13.7 Å². The van der Waals surface area contributed by atoms with Crippen LogP contribution in [0, 0.1) is 16.0 Å². The summed E-state index contributed by atoms with van der Waals surface area (Å²) in [5.74, 6) is -1.10. The first-order valence-electron chi connectivity index (χ1n) is 11.7. The number of nitrogens with zero attached hydrogens (tertiary/aromatic N) is 2. The summed E-state index contributed by atoms with van der Waals surface area (Å²) in [6.45, 7) is 5.15. The zero-order valence-electron chi connectivity index (χ0n) is 20.8. The monoisotopic (exact) mass is 497 g/mol. The molecule has 0 bridgehead atoms. The van der Waals surface area contributed by atoms with Crippen molar-refractivity contribution < 1.29 is 28.8 Å². The summed E-state index contributed by atoms with van der Waals surface area (Å²) in [5, 5.41) is 14.2. The minimum atomic E-state index is -0.992. The predicted octanol–water partition coefficient (Wildman–Crippen LogP) is 3.19. The Kier molecular flexibility index (Phi) is 8.63. The third-order valence-electron chi connectivity index (χ3n) is 6.01. The number of nitro benzene ring substituents is 1. The van der Waals surface area contributed by atoms with Crippen molar-refractivity contribution in [3.63, 3.8) is 0 Å². The molecular weight excluding hydrogens is 466 g/mol. The fraction of sp³-hybridized carbons (Fsp3) is 0.423. The summed E-state index contributed by atoms with van der Waals surface area (Å²) >= 11 is 0. The van der Waals surface area contributed by atoms with Crippen molar-refractivity contribution in [2.45, 2.75) is 51.7 Å². The predicted molar refractivity (Wildman–Crippen MR) is 131 cm³/mol. The fourth-order valence-electron chi connectivity index (χ4n) is 4.44. The number of benzene rings is 2. The Morgan fingerprint density at radius 1 is 1.19 bits per heavy atom. The van der Waals surface area contributed by atoms with Gasteiger partial charge in [0.15, 0.2) is 0 Å². The lowest BCUT2D eigenvalue weighted by atomic mass is 9.95. The van der Waals surface area contributed by atoms with Crippen LogP contribution in [0.4, 0.5) is 5.69 Å². The molecule has 10 nitrogen and oxygen atoms in total. The van der Waals surface area contributed by atoms with Gasteiger partial charge in [-0.1, -0.05) is 44.2 Å². The van der Waals surface area contributed by atoms with E-state index in [4.69, 9.17) is 9.47 Å². The summed E-state index contributed by atoms with van der Waals surface area (Å²) in [5.41, 5.74) is 1.09. The van der Waals surface area contributed by atoms with Gasteiger partial charge in [-0.05, 0) is 24.0 Å². The Labute approximate surface area is 209 Å². The summed E-state index contributed by atoms with van der Waals surface area (Å²) in [6.07, 6.45) is 0.484. The number of fused-ring (bicyclic) bond motifs is 1. The maximum absolute atomic E-state index is 14.2. The van der Waals surface area contributed by atoms with Gasteiger partial charge >= 0.3 is 5.97 Å². The number of hydrogen-bond donors (Lipinski definition) is 1. The van der Waals surface area contributed by atoms with Crippen molar-refractivity contribution in [3.05, 3.63) is 69.8 Å². The second-order valence-electron chi connectivity index (χ2n) is 9.16. The smallest absolute Gasteiger partial charge is 0.328 e. The van der Waals surface area contributed by atoms with Gasteiger partial charge in [0.05, 0.1) is 18.1 Å². The van der Waals surface area contributed by atoms with Crippen molar-refractivity contribution >= 4 is 23.5 Å². The van der Waals surface area contributed by atoms with Gasteiger partial charge in [-0.2, -0.15) is 0 Å². The molecule has 1 N–H and O–H groups in total. The topological polar surface area (TPSA) is 128 Å². The molecule has 0 aromatic heterocycles. The maximum Gasteiger partial charge on any atom is 0.328 e. The minimum Gasteiger partial charge on any atom is -0.491 e. The average molecular weight is 498 g/mol. The van der Waals surface area contributed by atoms with E-state index in [2.05, 4.69) is 5.32 Å². The zero-order valence-corrected chi connectivity index (χ0v) is 20.8. The Bertz CT molecular complexity index is 1120. The molecule has 3 atom stereocenters. The second kappa shape index (κ2) is 11.7. The molecule has 1 aliphatic rings. The molecule has 1 aliphatic heterocycles. The molecule has 2 amide bonds. The highest BCUT2D eigenvalue weighted by Crippen LogP contribution is 2.40. The molecule has 10 heteroatoms. The number of nitrogens with one attached hydrogen (secondary N) is 1. The molecule has 0 spiro atoms. The number of nitro groups is 1. The van der Waals surface area contributed by atoms with Crippen molar-refractivity contribution in [3.8, 4) is 5.75 Å². The van der Waals surface area contributed by atoms with Crippen LogP contribution in [0.3, 0.4) is 0 Å². The van der Waals surface area contributed by atoms with Crippen LogP contribution >= 0.6 is 0 Å². The highest BCUT2D eigenvalue weighted by molar-refractivity contribution is 5.91. The molecule has 2 aromatic rings. The van der Waals surface area contributed by atoms with E-state index in [-0.39, 0.29) is 31.1 Å². The summed E-state index contributed by atoms with van der Waals surface area (Å²) in [6, 6.07) is 10.6. The van der Waals surface area contributed by atoms with E-state index in [0.717, 1.165) is 5.56 Å². The van der Waals surface area contributed by atoms with Crippen LogP contribution in [-0.2, 0) is 25.5 Å². The molecular formula is C26H31N3O7. The Morgan fingerprint density at radius 2 is 1.89 bits per heavy atom. The standard InChI is InChI=1S/C26H31N3O7/c1-16(2)12-22(26(32)35-4)28(23-15-36-24-11-10-19(29(33)34)14-20(23)24)25(31)21(27-17(3)30)13-18-8-6-5-7-9-18/h5-11,14,16,21-23H,12-13,15H2,1-4H3,(H,27,30)/t21-,22-,23?/m0/s1. The first-order valence-corrected chi connectivity index (χ1v) is 11.7. The summed E-state index contributed by atoms with van der Waals surface area (Å²) < 4.78 is 10.8. The zero-order chi connectivity index (χ0) is 26.4. The van der Waals surface area contributed by atoms with Crippen molar-refractivity contribution in [1.29, 1.82) is 0 Å². The van der Waals surface area contributed by atoms with E-state index in [9.17, 15) is 24.5 Å². The van der Waals surface area contributed by atoms with E-state index in [1.807, 2.05) is 44.2 Å². The van der Waals surface area contributed by atoms with Gasteiger partial charge in [0, 0.05) is 31.0 Å². The minimum absolute atomic E-state index is 0.00591. The molecule has 1 heterocycles. The van der Waals surface area contributed by atoms with Gasteiger partial charge in [-0.25, -0.2) is 4.79 Å². The van der Waals surface area contributed by atoms with Gasteiger partial charge in [0.25, 0.3) is 5.69 Å². The SMILES string of the molecule is COC(=O)[C@H](CC(C)C)N(C(=O)[C@H](Cc1ccccc1)NC(C)=O)C1COc2ccc([N+](=O)[O-])cc21. The fourth-order valence-corrected chi connectivity index (χ4v) is 4.44. The van der Waals surface area contributed by atoms with Crippen LogP contribution in [-0.4, -0.2) is 53.4 Å². The number of carbonyl (C=O) groups excluding carboxylic acids is 3. The van der Waals surface area contributed by atoms with Gasteiger partial charge in [0.2, 0.25) is 11.8 Å². The number of methoxy groups -OCH3 is 1. The van der Waals surface area contributed by atoms with Crippen LogP contribution < -0.4 is 10.1 Å². The van der Waals surface area contributed by atoms with Crippen LogP contribution in [0.15, 0.2) is 48.5 Å². The number of hydrogen-bond acceptors (Lipinski definition) is 7. The normalized spacial score (nSPS) is 15.9.